The topological polar surface area (TPSA) is 105 Å². The molecular formula is C19H20N6O2. The molecule has 1 atom stereocenters. The van der Waals surface area contributed by atoms with E-state index in [1.165, 1.54) is 0 Å². The number of hydrogen-bond donors (Lipinski definition) is 3. The summed E-state index contributed by atoms with van der Waals surface area (Å²) in [5.41, 5.74) is 4.09. The van der Waals surface area contributed by atoms with Crippen molar-refractivity contribution in [3.63, 3.8) is 0 Å². The number of aromatic nitrogens is 4. The molecule has 4 rings (SSSR count). The number of benzene rings is 1. The fourth-order valence-electron chi connectivity index (χ4n) is 3.42. The van der Waals surface area contributed by atoms with E-state index < -0.39 is 0 Å². The van der Waals surface area contributed by atoms with Gasteiger partial charge in [0, 0.05) is 36.4 Å². The van der Waals surface area contributed by atoms with Crippen LogP contribution >= 0.6 is 0 Å². The van der Waals surface area contributed by atoms with Crippen LogP contribution in [0.1, 0.15) is 40.4 Å². The smallest absolute Gasteiger partial charge is 0.320 e. The third-order valence-corrected chi connectivity index (χ3v) is 4.84. The molecule has 1 unspecified atom stereocenters. The molecule has 1 aliphatic carbocycles. The summed E-state index contributed by atoms with van der Waals surface area (Å²) in [5.74, 6) is 0.583. The molecule has 8 heteroatoms. The minimum Gasteiger partial charge on any atom is -0.331 e. The number of hydrogen-bond acceptors (Lipinski definition) is 4. The van der Waals surface area contributed by atoms with Gasteiger partial charge in [0.2, 0.25) is 0 Å². The molecule has 0 aliphatic heterocycles. The highest BCUT2D eigenvalue weighted by Crippen LogP contribution is 2.30. The Morgan fingerprint density at radius 2 is 2.15 bits per heavy atom. The molecule has 0 saturated heterocycles. The zero-order chi connectivity index (χ0) is 19.0. The van der Waals surface area contributed by atoms with Crippen LogP contribution in [0, 0.1) is 6.92 Å². The van der Waals surface area contributed by atoms with Crippen LogP contribution in [0.25, 0.3) is 11.3 Å². The summed E-state index contributed by atoms with van der Waals surface area (Å²) in [6.45, 7) is 1.88. The molecule has 8 nitrogen and oxygen atoms in total. The zero-order valence-electron chi connectivity index (χ0n) is 15.1. The van der Waals surface area contributed by atoms with Crippen LogP contribution in [0.5, 0.6) is 0 Å². The lowest BCUT2D eigenvalue weighted by Crippen LogP contribution is -2.35. The van der Waals surface area contributed by atoms with Crippen molar-refractivity contribution in [1.82, 2.24) is 25.3 Å². The van der Waals surface area contributed by atoms with Gasteiger partial charge in [0.15, 0.2) is 11.6 Å². The normalized spacial score (nSPS) is 16.1. The number of carbonyl (C=O) groups is 2. The second-order valence-electron chi connectivity index (χ2n) is 6.68. The van der Waals surface area contributed by atoms with E-state index in [0.29, 0.717) is 24.2 Å². The number of aryl methyl sites for hydroxylation is 1. The molecule has 3 N–H and O–H groups in total. The maximum Gasteiger partial charge on any atom is 0.320 e. The van der Waals surface area contributed by atoms with Gasteiger partial charge in [0.1, 0.15) is 0 Å². The molecule has 27 heavy (non-hydrogen) atoms. The summed E-state index contributed by atoms with van der Waals surface area (Å²) in [6.07, 6.45) is 4.62. The van der Waals surface area contributed by atoms with Crippen LogP contribution in [0.4, 0.5) is 10.6 Å². The van der Waals surface area contributed by atoms with Crippen molar-refractivity contribution in [3.05, 3.63) is 53.3 Å². The van der Waals surface area contributed by atoms with E-state index >= 15 is 0 Å². The Kier molecular flexibility index (Phi) is 4.23. The average Bonchev–Trinajstić information content (AvgIpc) is 3.24. The van der Waals surface area contributed by atoms with E-state index in [1.807, 2.05) is 38.4 Å². The maximum absolute atomic E-state index is 12.5. The first-order valence-corrected chi connectivity index (χ1v) is 8.76. The summed E-state index contributed by atoms with van der Waals surface area (Å²) in [5, 5.41) is 17.0. The Hall–Kier alpha value is -3.42. The number of aromatic amines is 1. The van der Waals surface area contributed by atoms with Crippen molar-refractivity contribution >= 4 is 17.6 Å². The molecule has 138 valence electrons. The van der Waals surface area contributed by atoms with Crippen molar-refractivity contribution in [3.8, 4) is 11.3 Å². The molecule has 2 amide bonds. The molecule has 0 radical (unpaired) electrons. The zero-order valence-corrected chi connectivity index (χ0v) is 15.1. The Labute approximate surface area is 156 Å². The number of anilines is 1. The largest absolute Gasteiger partial charge is 0.331 e. The summed E-state index contributed by atoms with van der Waals surface area (Å²) in [4.78, 5) is 24.5. The van der Waals surface area contributed by atoms with Crippen LogP contribution in [0.2, 0.25) is 0 Å². The van der Waals surface area contributed by atoms with Gasteiger partial charge in [0.05, 0.1) is 17.9 Å². The van der Waals surface area contributed by atoms with Crippen molar-refractivity contribution in [2.24, 2.45) is 7.05 Å². The number of urea groups is 1. The van der Waals surface area contributed by atoms with Crippen LogP contribution in [0.15, 0.2) is 36.7 Å². The Morgan fingerprint density at radius 3 is 2.93 bits per heavy atom. The number of rotatable bonds is 3. The van der Waals surface area contributed by atoms with Crippen LogP contribution in [0.3, 0.4) is 0 Å². The minimum absolute atomic E-state index is 0.119. The lowest BCUT2D eigenvalue weighted by atomic mass is 9.87. The predicted octanol–water partition coefficient (Wildman–Crippen LogP) is 2.96. The van der Waals surface area contributed by atoms with Gasteiger partial charge >= 0.3 is 6.03 Å². The predicted molar refractivity (Wildman–Crippen MR) is 100 cm³/mol. The summed E-state index contributed by atoms with van der Waals surface area (Å²) in [6, 6.07) is 6.86. The van der Waals surface area contributed by atoms with E-state index in [2.05, 4.69) is 25.9 Å². The van der Waals surface area contributed by atoms with E-state index in [4.69, 9.17) is 0 Å². The van der Waals surface area contributed by atoms with Crippen LogP contribution in [-0.4, -0.2) is 31.8 Å². The molecule has 0 fully saturated rings. The van der Waals surface area contributed by atoms with Crippen molar-refractivity contribution < 1.29 is 9.59 Å². The summed E-state index contributed by atoms with van der Waals surface area (Å²) in [7, 11) is 1.84. The highest BCUT2D eigenvalue weighted by Gasteiger charge is 2.26. The van der Waals surface area contributed by atoms with Crippen molar-refractivity contribution in [2.45, 2.75) is 25.8 Å². The molecule has 3 aromatic rings. The summed E-state index contributed by atoms with van der Waals surface area (Å²) >= 11 is 0. The number of nitrogens with zero attached hydrogens (tertiary/aromatic N) is 3. The van der Waals surface area contributed by atoms with E-state index in [1.54, 1.807) is 16.9 Å². The first-order chi connectivity index (χ1) is 13.0. The molecule has 2 aromatic heterocycles. The Balaban J connectivity index is 1.49. The molecule has 1 aliphatic rings. The second-order valence-corrected chi connectivity index (χ2v) is 6.68. The molecule has 0 spiro atoms. The lowest BCUT2D eigenvalue weighted by Gasteiger charge is -2.25. The van der Waals surface area contributed by atoms with Crippen molar-refractivity contribution in [1.29, 1.82) is 0 Å². The molecule has 2 heterocycles. The standard InChI is InChI=1S/C19H20N6O2/c1-11-17(12-9-20-25(2)10-12)23-24-18(11)22-19(27)21-15-7-8-16(26)14-6-4-3-5-13(14)15/h3-6,9-10,15H,7-8H2,1-2H3,(H3,21,22,23,24,27). The van der Waals surface area contributed by atoms with Gasteiger partial charge in [-0.2, -0.15) is 10.2 Å². The first-order valence-electron chi connectivity index (χ1n) is 8.76. The molecule has 0 saturated carbocycles. The highest BCUT2D eigenvalue weighted by molar-refractivity contribution is 5.99. The monoisotopic (exact) mass is 364 g/mol. The number of nitrogens with one attached hydrogen (secondary N) is 3. The van der Waals surface area contributed by atoms with Gasteiger partial charge in [-0.3, -0.25) is 19.9 Å². The second kappa shape index (κ2) is 6.71. The number of ketones is 1. The van der Waals surface area contributed by atoms with Gasteiger partial charge in [0.25, 0.3) is 0 Å². The number of fused-ring (bicyclic) bond motifs is 1. The first kappa shape index (κ1) is 17.0. The molecular weight excluding hydrogens is 344 g/mol. The van der Waals surface area contributed by atoms with E-state index in [0.717, 1.165) is 22.4 Å². The minimum atomic E-state index is -0.350. The third-order valence-electron chi connectivity index (χ3n) is 4.84. The van der Waals surface area contributed by atoms with E-state index in [-0.39, 0.29) is 17.9 Å². The van der Waals surface area contributed by atoms with Gasteiger partial charge in [-0.15, -0.1) is 0 Å². The van der Waals surface area contributed by atoms with Gasteiger partial charge in [-0.05, 0) is 18.9 Å². The van der Waals surface area contributed by atoms with Crippen LogP contribution < -0.4 is 10.6 Å². The highest BCUT2D eigenvalue weighted by atomic mass is 16.2. The number of amides is 2. The van der Waals surface area contributed by atoms with Gasteiger partial charge in [-0.25, -0.2) is 4.79 Å². The number of carbonyl (C=O) groups excluding carboxylic acids is 2. The van der Waals surface area contributed by atoms with E-state index in [9.17, 15) is 9.59 Å². The van der Waals surface area contributed by atoms with Gasteiger partial charge in [-0.1, -0.05) is 24.3 Å². The summed E-state index contributed by atoms with van der Waals surface area (Å²) < 4.78 is 1.71. The molecule has 0 bridgehead atoms. The SMILES string of the molecule is Cc1c(NC(=O)NC2CCC(=O)c3ccccc32)n[nH]c1-c1cnn(C)c1. The lowest BCUT2D eigenvalue weighted by molar-refractivity contribution is 0.0964. The number of H-pyrrole nitrogens is 1. The average molecular weight is 364 g/mol. The van der Waals surface area contributed by atoms with Gasteiger partial charge < -0.3 is 5.32 Å². The third kappa shape index (κ3) is 3.21. The van der Waals surface area contributed by atoms with Crippen LogP contribution in [-0.2, 0) is 7.05 Å². The number of Topliss-reactive ketones (excluding diaryl/α,β-unsaturated/α-hetero) is 1. The Morgan fingerprint density at radius 1 is 1.33 bits per heavy atom. The van der Waals surface area contributed by atoms with Crippen molar-refractivity contribution in [2.75, 3.05) is 5.32 Å². The maximum atomic E-state index is 12.5. The molecule has 1 aromatic carbocycles. The fraction of sp³-hybridized carbons (Fsp3) is 0.263. The quantitative estimate of drug-likeness (QED) is 0.664. The Bertz CT molecular complexity index is 1020. The fourth-order valence-corrected chi connectivity index (χ4v) is 3.42.